The van der Waals surface area contributed by atoms with E-state index >= 15 is 0 Å². The second-order valence-electron chi connectivity index (χ2n) is 6.70. The number of hydrogen-bond donors (Lipinski definition) is 2. The molecule has 132 valence electrons. The normalized spacial score (nSPS) is 17.5. The third kappa shape index (κ3) is 3.73. The van der Waals surface area contributed by atoms with Gasteiger partial charge in [-0.1, -0.05) is 29.3 Å². The zero-order chi connectivity index (χ0) is 18.0. The summed E-state index contributed by atoms with van der Waals surface area (Å²) < 4.78 is 4.91. The van der Waals surface area contributed by atoms with Crippen LogP contribution in [-0.4, -0.2) is 29.2 Å². The Morgan fingerprint density at radius 3 is 2.68 bits per heavy atom. The van der Waals surface area contributed by atoms with Crippen LogP contribution in [0.2, 0.25) is 0 Å². The molecular weight excluding hydrogens is 318 g/mol. The van der Waals surface area contributed by atoms with Gasteiger partial charge in [-0.05, 0) is 37.8 Å². The van der Waals surface area contributed by atoms with Crippen LogP contribution >= 0.6 is 0 Å². The van der Waals surface area contributed by atoms with E-state index in [1.54, 1.807) is 0 Å². The van der Waals surface area contributed by atoms with E-state index in [-0.39, 0.29) is 11.8 Å². The highest BCUT2D eigenvalue weighted by Crippen LogP contribution is 2.25. The van der Waals surface area contributed by atoms with Gasteiger partial charge in [0.2, 0.25) is 5.91 Å². The molecule has 0 spiro atoms. The number of methoxy groups -OCH3 is 1. The first-order chi connectivity index (χ1) is 12.0. The fourth-order valence-electron chi connectivity index (χ4n) is 3.46. The number of aromatic nitrogens is 2. The first kappa shape index (κ1) is 17.2. The van der Waals surface area contributed by atoms with Gasteiger partial charge in [-0.3, -0.25) is 9.89 Å². The zero-order valence-corrected chi connectivity index (χ0v) is 14.8. The number of aryl methyl sites for hydroxylation is 3. The maximum Gasteiger partial charge on any atom is 0.333 e. The lowest BCUT2D eigenvalue weighted by Crippen LogP contribution is -2.40. The lowest BCUT2D eigenvalue weighted by atomic mass is 9.87. The van der Waals surface area contributed by atoms with Gasteiger partial charge in [-0.15, -0.1) is 0 Å². The topological polar surface area (TPSA) is 84.1 Å². The summed E-state index contributed by atoms with van der Waals surface area (Å²) in [7, 11) is 1.33. The van der Waals surface area contributed by atoms with Crippen LogP contribution in [0, 0.1) is 19.8 Å². The molecule has 1 aromatic carbocycles. The molecule has 2 atom stereocenters. The van der Waals surface area contributed by atoms with Crippen LogP contribution in [0.15, 0.2) is 24.4 Å². The number of carbonyl (C=O) groups is 2. The van der Waals surface area contributed by atoms with E-state index in [9.17, 15) is 9.59 Å². The van der Waals surface area contributed by atoms with Crippen molar-refractivity contribution in [2.75, 3.05) is 7.11 Å². The number of benzene rings is 1. The lowest BCUT2D eigenvalue weighted by Gasteiger charge is -2.24. The number of amides is 1. The number of nitrogens with one attached hydrogen (secondary N) is 2. The first-order valence-corrected chi connectivity index (χ1v) is 8.45. The maximum atomic E-state index is 12.8. The van der Waals surface area contributed by atoms with Gasteiger partial charge in [0.15, 0.2) is 6.04 Å². The summed E-state index contributed by atoms with van der Waals surface area (Å²) in [6.07, 6.45) is 3.99. The van der Waals surface area contributed by atoms with E-state index in [2.05, 4.69) is 15.5 Å². The SMILES string of the molecule is COC(=O)C(NC(=O)C1CCc2cn[nH]c2C1)c1cc(C)cc(C)c1. The Morgan fingerprint density at radius 2 is 2.00 bits per heavy atom. The maximum absolute atomic E-state index is 12.8. The highest BCUT2D eigenvalue weighted by atomic mass is 16.5. The van der Waals surface area contributed by atoms with Crippen molar-refractivity contribution in [2.45, 2.75) is 39.2 Å². The van der Waals surface area contributed by atoms with Gasteiger partial charge in [0.25, 0.3) is 0 Å². The van der Waals surface area contributed by atoms with Crippen molar-refractivity contribution in [3.05, 3.63) is 52.3 Å². The lowest BCUT2D eigenvalue weighted by molar-refractivity contribution is -0.145. The van der Waals surface area contributed by atoms with Crippen molar-refractivity contribution in [3.8, 4) is 0 Å². The number of H-pyrrole nitrogens is 1. The van der Waals surface area contributed by atoms with E-state index in [1.165, 1.54) is 12.7 Å². The van der Waals surface area contributed by atoms with Crippen molar-refractivity contribution in [3.63, 3.8) is 0 Å². The summed E-state index contributed by atoms with van der Waals surface area (Å²) in [5, 5.41) is 9.87. The molecule has 6 heteroatoms. The number of aromatic amines is 1. The average molecular weight is 341 g/mol. The van der Waals surface area contributed by atoms with Crippen LogP contribution in [-0.2, 0) is 27.2 Å². The number of fused-ring (bicyclic) bond motifs is 1. The van der Waals surface area contributed by atoms with Crippen molar-refractivity contribution in [2.24, 2.45) is 5.92 Å². The first-order valence-electron chi connectivity index (χ1n) is 8.45. The molecule has 1 aromatic heterocycles. The van der Waals surface area contributed by atoms with E-state index in [1.807, 2.05) is 38.2 Å². The van der Waals surface area contributed by atoms with Gasteiger partial charge in [-0.2, -0.15) is 5.10 Å². The van der Waals surface area contributed by atoms with Gasteiger partial charge in [0.1, 0.15) is 0 Å². The molecule has 1 aliphatic rings. The molecule has 3 rings (SSSR count). The summed E-state index contributed by atoms with van der Waals surface area (Å²) >= 11 is 0. The minimum Gasteiger partial charge on any atom is -0.467 e. The summed E-state index contributed by atoms with van der Waals surface area (Å²) in [6, 6.07) is 5.05. The van der Waals surface area contributed by atoms with Crippen LogP contribution in [0.25, 0.3) is 0 Å². The molecule has 0 saturated heterocycles. The highest BCUT2D eigenvalue weighted by Gasteiger charge is 2.30. The van der Waals surface area contributed by atoms with Crippen LogP contribution in [0.5, 0.6) is 0 Å². The Kier molecular flexibility index (Phi) is 4.88. The molecule has 0 bridgehead atoms. The Labute approximate surface area is 147 Å². The molecule has 2 N–H and O–H groups in total. The molecule has 6 nitrogen and oxygen atoms in total. The second kappa shape index (κ2) is 7.09. The van der Waals surface area contributed by atoms with Crippen molar-refractivity contribution >= 4 is 11.9 Å². The second-order valence-corrected chi connectivity index (χ2v) is 6.70. The number of rotatable bonds is 4. The Bertz CT molecular complexity index is 777. The third-order valence-corrected chi connectivity index (χ3v) is 4.69. The van der Waals surface area contributed by atoms with Crippen molar-refractivity contribution < 1.29 is 14.3 Å². The predicted octanol–water partition coefficient (Wildman–Crippen LogP) is 2.16. The smallest absolute Gasteiger partial charge is 0.333 e. The van der Waals surface area contributed by atoms with E-state index in [4.69, 9.17) is 4.74 Å². The van der Waals surface area contributed by atoms with Gasteiger partial charge >= 0.3 is 5.97 Å². The number of esters is 1. The summed E-state index contributed by atoms with van der Waals surface area (Å²) in [6.45, 7) is 3.93. The standard InChI is InChI=1S/C19H23N3O3/c1-11-6-12(2)8-15(7-11)17(19(24)25-3)21-18(23)13-4-5-14-10-20-22-16(14)9-13/h6-8,10,13,17H,4-5,9H2,1-3H3,(H,20,22)(H,21,23). The molecule has 0 saturated carbocycles. The molecule has 25 heavy (non-hydrogen) atoms. The fourth-order valence-corrected chi connectivity index (χ4v) is 3.46. The van der Waals surface area contributed by atoms with E-state index in [0.29, 0.717) is 6.42 Å². The highest BCUT2D eigenvalue weighted by molar-refractivity contribution is 5.87. The summed E-state index contributed by atoms with van der Waals surface area (Å²) in [5.74, 6) is -0.766. The van der Waals surface area contributed by atoms with E-state index in [0.717, 1.165) is 35.2 Å². The van der Waals surface area contributed by atoms with Gasteiger partial charge in [-0.25, -0.2) is 4.79 Å². The molecule has 2 aromatic rings. The van der Waals surface area contributed by atoms with Crippen LogP contribution in [0.4, 0.5) is 0 Å². The third-order valence-electron chi connectivity index (χ3n) is 4.69. The van der Waals surface area contributed by atoms with E-state index < -0.39 is 12.0 Å². The largest absolute Gasteiger partial charge is 0.467 e. The number of ether oxygens (including phenoxy) is 1. The van der Waals surface area contributed by atoms with Gasteiger partial charge in [0, 0.05) is 18.0 Å². The van der Waals surface area contributed by atoms with Crippen molar-refractivity contribution in [1.29, 1.82) is 0 Å². The quantitative estimate of drug-likeness (QED) is 0.835. The molecular formula is C19H23N3O3. The van der Waals surface area contributed by atoms with Crippen LogP contribution in [0.1, 0.15) is 40.4 Å². The minimum absolute atomic E-state index is 0.130. The molecule has 1 aliphatic carbocycles. The molecule has 0 fully saturated rings. The molecule has 0 radical (unpaired) electrons. The average Bonchev–Trinajstić information content (AvgIpc) is 3.05. The minimum atomic E-state index is -0.792. The van der Waals surface area contributed by atoms with Crippen LogP contribution in [0.3, 0.4) is 0 Å². The Hall–Kier alpha value is -2.63. The zero-order valence-electron chi connectivity index (χ0n) is 14.8. The molecule has 0 aliphatic heterocycles. The molecule has 2 unspecified atom stereocenters. The number of hydrogen-bond acceptors (Lipinski definition) is 4. The van der Waals surface area contributed by atoms with Crippen LogP contribution < -0.4 is 5.32 Å². The fraction of sp³-hybridized carbons (Fsp3) is 0.421. The number of carbonyl (C=O) groups excluding carboxylic acids is 2. The number of nitrogens with zero attached hydrogens (tertiary/aromatic N) is 1. The molecule has 1 heterocycles. The monoisotopic (exact) mass is 341 g/mol. The van der Waals surface area contributed by atoms with Gasteiger partial charge < -0.3 is 10.1 Å². The summed E-state index contributed by atoms with van der Waals surface area (Å²) in [5.41, 5.74) is 5.00. The Balaban J connectivity index is 1.79. The molecule has 1 amide bonds. The predicted molar refractivity (Wildman–Crippen MR) is 92.9 cm³/mol. The summed E-state index contributed by atoms with van der Waals surface area (Å²) in [4.78, 5) is 25.0. The Morgan fingerprint density at radius 1 is 1.28 bits per heavy atom. The van der Waals surface area contributed by atoms with Gasteiger partial charge in [0.05, 0.1) is 13.3 Å². The van der Waals surface area contributed by atoms with Crippen molar-refractivity contribution in [1.82, 2.24) is 15.5 Å².